The van der Waals surface area contributed by atoms with E-state index in [1.54, 1.807) is 21.6 Å². The minimum atomic E-state index is -0.895. The van der Waals surface area contributed by atoms with Gasteiger partial charge in [-0.2, -0.15) is 0 Å². The van der Waals surface area contributed by atoms with E-state index in [0.29, 0.717) is 19.6 Å². The molecule has 0 aromatic heterocycles. The molecule has 1 N–H and O–H groups in total. The molecule has 8 nitrogen and oxygen atoms in total. The quantitative estimate of drug-likeness (QED) is 0.500. The number of fused-ring (bicyclic) bond motifs is 2. The summed E-state index contributed by atoms with van der Waals surface area (Å²) in [7, 11) is 0. The Balaban J connectivity index is 1.56. The van der Waals surface area contributed by atoms with E-state index in [1.165, 1.54) is 0 Å². The van der Waals surface area contributed by atoms with Gasteiger partial charge in [0.1, 0.15) is 6.04 Å². The summed E-state index contributed by atoms with van der Waals surface area (Å²) in [5.41, 5.74) is 1.86. The molecular weight excluding hydrogens is 512 g/mol. The Morgan fingerprint density at radius 2 is 1.62 bits per heavy atom. The van der Waals surface area contributed by atoms with Gasteiger partial charge in [-0.15, -0.1) is 11.8 Å². The highest BCUT2D eigenvalue weighted by molar-refractivity contribution is 8.02. The van der Waals surface area contributed by atoms with Crippen LogP contribution in [-0.2, 0) is 14.4 Å². The topological polar surface area (TPSA) is 84.4 Å². The maximum atomic E-state index is 14.4. The number of carbonyl (C=O) groups excluding carboxylic acids is 3. The number of hydrogen-bond donors (Lipinski definition) is 1. The van der Waals surface area contributed by atoms with Gasteiger partial charge in [0, 0.05) is 55.4 Å². The van der Waals surface area contributed by atoms with Crippen LogP contribution in [0.4, 0.5) is 11.4 Å². The molecule has 1 aromatic rings. The number of amides is 3. The van der Waals surface area contributed by atoms with Crippen LogP contribution in [0, 0.1) is 11.8 Å². The molecule has 4 aliphatic heterocycles. The zero-order valence-electron chi connectivity index (χ0n) is 23.4. The molecule has 0 bridgehead atoms. The highest BCUT2D eigenvalue weighted by atomic mass is 32.2. The summed E-state index contributed by atoms with van der Waals surface area (Å²) >= 11 is 1.58. The first-order chi connectivity index (χ1) is 18.8. The highest BCUT2D eigenvalue weighted by Crippen LogP contribution is 2.65. The molecule has 5 atom stereocenters. The molecule has 5 rings (SSSR count). The van der Waals surface area contributed by atoms with Crippen molar-refractivity contribution in [1.82, 2.24) is 9.80 Å². The molecule has 2 saturated heterocycles. The average Bonchev–Trinajstić information content (AvgIpc) is 3.18. The van der Waals surface area contributed by atoms with E-state index in [1.807, 2.05) is 61.2 Å². The number of thioether (sulfide) groups is 1. The molecule has 9 heteroatoms. The van der Waals surface area contributed by atoms with E-state index in [-0.39, 0.29) is 30.9 Å². The second kappa shape index (κ2) is 10.7. The third-order valence-corrected chi connectivity index (χ3v) is 10.6. The van der Waals surface area contributed by atoms with Crippen LogP contribution >= 0.6 is 11.8 Å². The standard InChI is InChI=1S/C30H40N4O4S/c1-5-16-32-17-8-14-29(4)23(26(32)36)24-27(37)34(19-20-35)25-28(38)33(18-9-15-30(24,25)39-29)22-12-10-21(11-13-22)31(6-2)7-3/h8-15,23-25,35H,5-7,16-20H2,1-4H3/t23-,24+,25?,29+,30+/m1/s1. The molecular formula is C30H40N4O4S. The maximum absolute atomic E-state index is 14.4. The third kappa shape index (κ3) is 4.29. The lowest BCUT2D eigenvalue weighted by Gasteiger charge is -2.36. The van der Waals surface area contributed by atoms with Gasteiger partial charge in [-0.05, 0) is 51.5 Å². The summed E-state index contributed by atoms with van der Waals surface area (Å²) in [6.07, 6.45) is 8.96. The molecule has 210 valence electrons. The van der Waals surface area contributed by atoms with E-state index in [2.05, 4.69) is 24.8 Å². The van der Waals surface area contributed by atoms with Crippen LogP contribution in [0.2, 0.25) is 0 Å². The van der Waals surface area contributed by atoms with Gasteiger partial charge in [-0.25, -0.2) is 0 Å². The summed E-state index contributed by atoms with van der Waals surface area (Å²) in [5, 5.41) is 9.92. The number of benzene rings is 1. The normalized spacial score (nSPS) is 31.8. The fraction of sp³-hybridized carbons (Fsp3) is 0.567. The fourth-order valence-electron chi connectivity index (χ4n) is 7.05. The second-order valence-corrected chi connectivity index (χ2v) is 12.8. The van der Waals surface area contributed by atoms with Crippen molar-refractivity contribution in [2.45, 2.75) is 49.7 Å². The van der Waals surface area contributed by atoms with Crippen LogP contribution in [0.5, 0.6) is 0 Å². The molecule has 3 amide bonds. The Morgan fingerprint density at radius 1 is 0.923 bits per heavy atom. The number of aliphatic hydroxyl groups excluding tert-OH is 1. The number of carbonyl (C=O) groups is 3. The lowest BCUT2D eigenvalue weighted by molar-refractivity contribution is -0.143. The average molecular weight is 553 g/mol. The fourth-order valence-corrected chi connectivity index (χ4v) is 9.21. The van der Waals surface area contributed by atoms with Gasteiger partial charge in [0.2, 0.25) is 11.8 Å². The van der Waals surface area contributed by atoms with Crippen molar-refractivity contribution in [2.75, 3.05) is 55.7 Å². The van der Waals surface area contributed by atoms with Gasteiger partial charge in [0.25, 0.3) is 5.91 Å². The number of anilines is 2. The zero-order valence-corrected chi connectivity index (χ0v) is 24.2. The summed E-state index contributed by atoms with van der Waals surface area (Å²) in [5.74, 6) is -1.67. The van der Waals surface area contributed by atoms with Crippen LogP contribution < -0.4 is 9.80 Å². The first-order valence-electron chi connectivity index (χ1n) is 14.2. The van der Waals surface area contributed by atoms with E-state index >= 15 is 0 Å². The Kier molecular flexibility index (Phi) is 7.59. The Hall–Kier alpha value is -2.78. The third-order valence-electron chi connectivity index (χ3n) is 8.76. The molecule has 1 unspecified atom stereocenters. The van der Waals surface area contributed by atoms with Crippen molar-refractivity contribution >= 4 is 40.9 Å². The predicted octanol–water partition coefficient (Wildman–Crippen LogP) is 2.92. The van der Waals surface area contributed by atoms with Gasteiger partial charge in [-0.3, -0.25) is 14.4 Å². The van der Waals surface area contributed by atoms with E-state index < -0.39 is 27.4 Å². The van der Waals surface area contributed by atoms with Crippen molar-refractivity contribution in [3.63, 3.8) is 0 Å². The molecule has 0 aliphatic carbocycles. The van der Waals surface area contributed by atoms with Crippen molar-refractivity contribution in [1.29, 1.82) is 0 Å². The molecule has 39 heavy (non-hydrogen) atoms. The number of rotatable bonds is 8. The van der Waals surface area contributed by atoms with Crippen molar-refractivity contribution < 1.29 is 19.5 Å². The van der Waals surface area contributed by atoms with E-state index in [9.17, 15) is 19.5 Å². The minimum Gasteiger partial charge on any atom is -0.395 e. The van der Waals surface area contributed by atoms with Crippen LogP contribution in [0.25, 0.3) is 0 Å². The number of hydrogen-bond acceptors (Lipinski definition) is 6. The predicted molar refractivity (Wildman–Crippen MR) is 156 cm³/mol. The number of likely N-dealkylation sites (tertiary alicyclic amines) is 1. The van der Waals surface area contributed by atoms with Gasteiger partial charge in [0.15, 0.2) is 0 Å². The van der Waals surface area contributed by atoms with Crippen LogP contribution in [0.15, 0.2) is 48.6 Å². The smallest absolute Gasteiger partial charge is 0.251 e. The van der Waals surface area contributed by atoms with Crippen molar-refractivity contribution in [2.24, 2.45) is 11.8 Å². The molecule has 4 heterocycles. The van der Waals surface area contributed by atoms with Crippen LogP contribution in [-0.4, -0.2) is 94.0 Å². The minimum absolute atomic E-state index is 0.0226. The van der Waals surface area contributed by atoms with Gasteiger partial charge in [0.05, 0.1) is 23.2 Å². The maximum Gasteiger partial charge on any atom is 0.251 e. The Morgan fingerprint density at radius 3 is 2.26 bits per heavy atom. The largest absolute Gasteiger partial charge is 0.395 e. The first-order valence-corrected chi connectivity index (χ1v) is 15.0. The SMILES string of the molecule is CCCN1CC=C[C@]2(C)S[C@]34C=CCN(c5ccc(N(CC)CC)cc5)C(=O)C3N(CCO)C(=O)[C@@H]4[C@@H]2C1=O. The first kappa shape index (κ1) is 27.8. The van der Waals surface area contributed by atoms with Gasteiger partial charge in [-0.1, -0.05) is 31.2 Å². The Labute approximate surface area is 235 Å². The molecule has 1 aromatic carbocycles. The summed E-state index contributed by atoms with van der Waals surface area (Å²) in [6.45, 7) is 11.4. The molecule has 1 spiro atoms. The highest BCUT2D eigenvalue weighted by Gasteiger charge is 2.73. The second-order valence-electron chi connectivity index (χ2n) is 11.0. The number of β-amino-alcohol motifs (C(OH)–C–C–N with tert-alkyl or cyclic N) is 1. The van der Waals surface area contributed by atoms with E-state index in [4.69, 9.17) is 0 Å². The monoisotopic (exact) mass is 552 g/mol. The van der Waals surface area contributed by atoms with Crippen molar-refractivity contribution in [3.05, 3.63) is 48.6 Å². The van der Waals surface area contributed by atoms with Crippen LogP contribution in [0.1, 0.15) is 34.1 Å². The Bertz CT molecular complexity index is 1180. The summed E-state index contributed by atoms with van der Waals surface area (Å²) < 4.78 is -1.51. The number of aliphatic hydroxyl groups is 1. The molecule has 2 fully saturated rings. The van der Waals surface area contributed by atoms with Crippen LogP contribution in [0.3, 0.4) is 0 Å². The van der Waals surface area contributed by atoms with E-state index in [0.717, 1.165) is 30.9 Å². The lowest BCUT2D eigenvalue weighted by atomic mass is 9.74. The number of nitrogens with zero attached hydrogens (tertiary/aromatic N) is 4. The summed E-state index contributed by atoms with van der Waals surface area (Å²) in [4.78, 5) is 49.9. The molecule has 0 saturated carbocycles. The lowest BCUT2D eigenvalue weighted by Crippen LogP contribution is -2.54. The molecule has 4 aliphatic rings. The zero-order chi connectivity index (χ0) is 27.9. The van der Waals surface area contributed by atoms with Crippen molar-refractivity contribution in [3.8, 4) is 0 Å². The van der Waals surface area contributed by atoms with Gasteiger partial charge >= 0.3 is 0 Å². The summed E-state index contributed by atoms with van der Waals surface area (Å²) in [6, 6.07) is 7.18. The van der Waals surface area contributed by atoms with Gasteiger partial charge < -0.3 is 24.7 Å². The molecule has 0 radical (unpaired) electrons.